The molecule has 1 N–H and O–H groups in total. The Morgan fingerprint density at radius 2 is 2.30 bits per heavy atom. The van der Waals surface area contributed by atoms with E-state index in [4.69, 9.17) is 0 Å². The van der Waals surface area contributed by atoms with Crippen molar-refractivity contribution in [1.29, 1.82) is 0 Å². The number of hydrogen-bond donors (Lipinski definition) is 1. The minimum Gasteiger partial charge on any atom is -0.314 e. The average Bonchev–Trinajstić information content (AvgIpc) is 2.03. The zero-order valence-electron chi connectivity index (χ0n) is 6.41. The van der Waals surface area contributed by atoms with Crippen LogP contribution in [0.5, 0.6) is 0 Å². The van der Waals surface area contributed by atoms with Crippen LogP contribution in [0.2, 0.25) is 0 Å². The molecule has 1 rings (SSSR count). The smallest absolute Gasteiger partial charge is 0.00673 e. The lowest BCUT2D eigenvalue weighted by Gasteiger charge is -2.22. The minimum atomic E-state index is 0.825. The van der Waals surface area contributed by atoms with Crippen molar-refractivity contribution in [2.45, 2.75) is 38.1 Å². The number of rotatable bonds is 3. The zero-order chi connectivity index (χ0) is 7.23. The SMILES string of the molecule is BrCCC[C@@H]1CCCCN1. The Balaban J connectivity index is 2.02. The summed E-state index contributed by atoms with van der Waals surface area (Å²) in [5.41, 5.74) is 0. The van der Waals surface area contributed by atoms with Crippen molar-refractivity contribution in [3.8, 4) is 0 Å². The van der Waals surface area contributed by atoms with E-state index in [-0.39, 0.29) is 0 Å². The van der Waals surface area contributed by atoms with Gasteiger partial charge < -0.3 is 5.32 Å². The summed E-state index contributed by atoms with van der Waals surface area (Å²) >= 11 is 3.45. The van der Waals surface area contributed by atoms with E-state index in [9.17, 15) is 0 Å². The molecule has 0 bridgehead atoms. The molecule has 0 saturated carbocycles. The Hall–Kier alpha value is 0.440. The number of halogens is 1. The van der Waals surface area contributed by atoms with Gasteiger partial charge in [-0.15, -0.1) is 0 Å². The maximum Gasteiger partial charge on any atom is 0.00673 e. The molecule has 60 valence electrons. The highest BCUT2D eigenvalue weighted by molar-refractivity contribution is 9.09. The van der Waals surface area contributed by atoms with Gasteiger partial charge in [0.1, 0.15) is 0 Å². The molecule has 1 fully saturated rings. The van der Waals surface area contributed by atoms with Crippen molar-refractivity contribution in [1.82, 2.24) is 5.32 Å². The molecule has 0 amide bonds. The molecule has 2 heteroatoms. The Morgan fingerprint density at radius 3 is 2.90 bits per heavy atom. The lowest BCUT2D eigenvalue weighted by Crippen LogP contribution is -2.33. The van der Waals surface area contributed by atoms with Crippen molar-refractivity contribution in [3.63, 3.8) is 0 Å². The minimum absolute atomic E-state index is 0.825. The Morgan fingerprint density at radius 1 is 1.40 bits per heavy atom. The van der Waals surface area contributed by atoms with E-state index in [1.54, 1.807) is 0 Å². The Labute approximate surface area is 71.7 Å². The van der Waals surface area contributed by atoms with E-state index in [2.05, 4.69) is 21.2 Å². The molecule has 1 aliphatic rings. The lowest BCUT2D eigenvalue weighted by atomic mass is 10.0. The van der Waals surface area contributed by atoms with Crippen molar-refractivity contribution in [2.24, 2.45) is 0 Å². The summed E-state index contributed by atoms with van der Waals surface area (Å²) in [6.07, 6.45) is 6.88. The standard InChI is InChI=1S/C8H16BrN/c9-6-3-5-8-4-1-2-7-10-8/h8,10H,1-7H2/t8-/m0/s1. The second-order valence-corrected chi connectivity index (χ2v) is 3.77. The molecule has 0 aromatic heterocycles. The molecule has 1 nitrogen and oxygen atoms in total. The molecule has 0 aliphatic carbocycles. The van der Waals surface area contributed by atoms with Gasteiger partial charge in [-0.1, -0.05) is 22.4 Å². The molecule has 0 aromatic carbocycles. The second-order valence-electron chi connectivity index (χ2n) is 2.98. The van der Waals surface area contributed by atoms with Crippen molar-refractivity contribution in [2.75, 3.05) is 11.9 Å². The first kappa shape index (κ1) is 8.54. The number of nitrogens with one attached hydrogen (secondary N) is 1. The third kappa shape index (κ3) is 3.02. The van der Waals surface area contributed by atoms with Gasteiger partial charge in [0.2, 0.25) is 0 Å². The molecule has 1 saturated heterocycles. The molecule has 0 radical (unpaired) electrons. The largest absolute Gasteiger partial charge is 0.314 e. The van der Waals surface area contributed by atoms with Gasteiger partial charge >= 0.3 is 0 Å². The maximum atomic E-state index is 3.53. The highest BCUT2D eigenvalue weighted by Crippen LogP contribution is 2.11. The predicted molar refractivity (Wildman–Crippen MR) is 48.7 cm³/mol. The van der Waals surface area contributed by atoms with Gasteiger partial charge in [0.05, 0.1) is 0 Å². The van der Waals surface area contributed by atoms with Crippen LogP contribution in [0.1, 0.15) is 32.1 Å². The number of alkyl halides is 1. The summed E-state index contributed by atoms with van der Waals surface area (Å²) in [6, 6.07) is 0.825. The molecule has 0 spiro atoms. The summed E-state index contributed by atoms with van der Waals surface area (Å²) in [5, 5.41) is 4.69. The van der Waals surface area contributed by atoms with Crippen LogP contribution in [0.15, 0.2) is 0 Å². The molecule has 1 aliphatic heterocycles. The number of hydrogen-bond acceptors (Lipinski definition) is 1. The summed E-state index contributed by atoms with van der Waals surface area (Å²) in [7, 11) is 0. The molecule has 1 heterocycles. The Bertz CT molecular complexity index is 79.3. The van der Waals surface area contributed by atoms with E-state index in [1.165, 1.54) is 38.6 Å². The quantitative estimate of drug-likeness (QED) is 0.698. The van der Waals surface area contributed by atoms with Crippen LogP contribution in [0.25, 0.3) is 0 Å². The van der Waals surface area contributed by atoms with Gasteiger partial charge in [-0.3, -0.25) is 0 Å². The first-order valence-corrected chi connectivity index (χ1v) is 5.35. The zero-order valence-corrected chi connectivity index (χ0v) is 7.99. The highest BCUT2D eigenvalue weighted by atomic mass is 79.9. The molecule has 1 atom stereocenters. The van der Waals surface area contributed by atoms with Crippen molar-refractivity contribution < 1.29 is 0 Å². The van der Waals surface area contributed by atoms with Crippen LogP contribution in [0.3, 0.4) is 0 Å². The maximum absolute atomic E-state index is 3.53. The van der Waals surface area contributed by atoms with E-state index >= 15 is 0 Å². The molecular weight excluding hydrogens is 190 g/mol. The third-order valence-corrected chi connectivity index (χ3v) is 2.66. The van der Waals surface area contributed by atoms with Gasteiger partial charge in [-0.25, -0.2) is 0 Å². The summed E-state index contributed by atoms with van der Waals surface area (Å²) in [5.74, 6) is 0. The fourth-order valence-electron chi connectivity index (χ4n) is 1.49. The fourth-order valence-corrected chi connectivity index (χ4v) is 1.82. The highest BCUT2D eigenvalue weighted by Gasteiger charge is 2.10. The van der Waals surface area contributed by atoms with Crippen LogP contribution < -0.4 is 5.32 Å². The normalized spacial score (nSPS) is 26.7. The summed E-state index contributed by atoms with van der Waals surface area (Å²) < 4.78 is 0. The molecule has 10 heavy (non-hydrogen) atoms. The summed E-state index contributed by atoms with van der Waals surface area (Å²) in [4.78, 5) is 0. The third-order valence-electron chi connectivity index (χ3n) is 2.10. The van der Waals surface area contributed by atoms with Crippen LogP contribution in [0, 0.1) is 0 Å². The van der Waals surface area contributed by atoms with Crippen molar-refractivity contribution in [3.05, 3.63) is 0 Å². The van der Waals surface area contributed by atoms with Gasteiger partial charge in [0.25, 0.3) is 0 Å². The summed E-state index contributed by atoms with van der Waals surface area (Å²) in [6.45, 7) is 1.24. The second kappa shape index (κ2) is 5.14. The van der Waals surface area contributed by atoms with Gasteiger partial charge in [-0.05, 0) is 32.2 Å². The fraction of sp³-hybridized carbons (Fsp3) is 1.00. The Kier molecular flexibility index (Phi) is 4.39. The average molecular weight is 206 g/mol. The first-order chi connectivity index (χ1) is 4.93. The van der Waals surface area contributed by atoms with Crippen LogP contribution in [-0.4, -0.2) is 17.9 Å². The van der Waals surface area contributed by atoms with E-state index in [1.807, 2.05) is 0 Å². The first-order valence-electron chi connectivity index (χ1n) is 4.23. The molecule has 0 aromatic rings. The van der Waals surface area contributed by atoms with Crippen LogP contribution in [-0.2, 0) is 0 Å². The van der Waals surface area contributed by atoms with Gasteiger partial charge in [0.15, 0.2) is 0 Å². The topological polar surface area (TPSA) is 12.0 Å². The van der Waals surface area contributed by atoms with E-state index in [0.29, 0.717) is 0 Å². The van der Waals surface area contributed by atoms with Crippen LogP contribution in [0.4, 0.5) is 0 Å². The molecule has 0 unspecified atom stereocenters. The van der Waals surface area contributed by atoms with E-state index < -0.39 is 0 Å². The van der Waals surface area contributed by atoms with Gasteiger partial charge in [0, 0.05) is 11.4 Å². The van der Waals surface area contributed by atoms with Crippen LogP contribution >= 0.6 is 15.9 Å². The lowest BCUT2D eigenvalue weighted by molar-refractivity contribution is 0.381. The van der Waals surface area contributed by atoms with Crippen molar-refractivity contribution >= 4 is 15.9 Å². The monoisotopic (exact) mass is 205 g/mol. The molecular formula is C8H16BrN. The van der Waals surface area contributed by atoms with Gasteiger partial charge in [-0.2, -0.15) is 0 Å². The van der Waals surface area contributed by atoms with E-state index in [0.717, 1.165) is 11.4 Å². The predicted octanol–water partition coefficient (Wildman–Crippen LogP) is 2.30. The number of piperidine rings is 1.